The number of rotatable bonds is 3. The first-order valence-electron chi connectivity index (χ1n) is 3.94. The van der Waals surface area contributed by atoms with E-state index >= 15 is 0 Å². The highest BCUT2D eigenvalue weighted by Gasteiger charge is 2.06. The van der Waals surface area contributed by atoms with Crippen LogP contribution in [0.1, 0.15) is 0 Å². The van der Waals surface area contributed by atoms with Gasteiger partial charge in [0.15, 0.2) is 6.61 Å². The molecule has 0 aliphatic carbocycles. The van der Waals surface area contributed by atoms with Crippen LogP contribution < -0.4 is 10.3 Å². The van der Waals surface area contributed by atoms with E-state index in [1.54, 1.807) is 0 Å². The van der Waals surface area contributed by atoms with E-state index in [0.717, 1.165) is 10.6 Å². The minimum absolute atomic E-state index is 0.0606. The van der Waals surface area contributed by atoms with Crippen molar-refractivity contribution in [3.05, 3.63) is 22.7 Å². The molecule has 0 amide bonds. The number of hydrogen-bond donors (Lipinski definition) is 2. The van der Waals surface area contributed by atoms with Gasteiger partial charge in [0.05, 0.1) is 6.07 Å². The second kappa shape index (κ2) is 3.40. The summed E-state index contributed by atoms with van der Waals surface area (Å²) in [5.41, 5.74) is -0.419. The molecule has 0 fully saturated rings. The Balaban J connectivity index is 2.36. The number of aliphatic carboxylic acids is 1. The van der Waals surface area contributed by atoms with Gasteiger partial charge in [0, 0.05) is 0 Å². The number of fused-ring (bicyclic) bond motifs is 1. The fraction of sp³-hybridized carbons (Fsp3) is 0.143. The molecular weight excluding hydrogens is 204 g/mol. The van der Waals surface area contributed by atoms with Gasteiger partial charge in [0.25, 0.3) is 11.3 Å². The molecule has 0 atom stereocenters. The van der Waals surface area contributed by atoms with Crippen molar-refractivity contribution < 1.29 is 14.6 Å². The standard InChI is InChI=1S/C7H6N4O4/c12-5-1-4(15-2-6(13)14)10-7-8-3-9-11(5)7/h1,3H,2H2,(H,13,14)(H,8,9,10). The zero-order valence-corrected chi connectivity index (χ0v) is 7.38. The smallest absolute Gasteiger partial charge is 0.341 e. The molecule has 2 N–H and O–H groups in total. The van der Waals surface area contributed by atoms with Crippen LogP contribution in [0.3, 0.4) is 0 Å². The second-order valence-electron chi connectivity index (χ2n) is 2.64. The van der Waals surface area contributed by atoms with Gasteiger partial charge in [-0.05, 0) is 0 Å². The minimum Gasteiger partial charge on any atom is -0.479 e. The highest BCUT2D eigenvalue weighted by atomic mass is 16.5. The summed E-state index contributed by atoms with van der Waals surface area (Å²) in [6.07, 6.45) is 1.30. The Morgan fingerprint density at radius 3 is 3.20 bits per heavy atom. The van der Waals surface area contributed by atoms with E-state index in [1.165, 1.54) is 6.33 Å². The van der Waals surface area contributed by atoms with Crippen molar-refractivity contribution in [1.29, 1.82) is 0 Å². The van der Waals surface area contributed by atoms with Crippen LogP contribution in [0.4, 0.5) is 0 Å². The van der Waals surface area contributed by atoms with Crippen LogP contribution >= 0.6 is 0 Å². The fourth-order valence-corrected chi connectivity index (χ4v) is 1.01. The number of aromatic amines is 1. The Bertz CT molecular complexity index is 557. The van der Waals surface area contributed by atoms with Crippen molar-refractivity contribution in [3.8, 4) is 5.88 Å². The largest absolute Gasteiger partial charge is 0.479 e. The van der Waals surface area contributed by atoms with E-state index < -0.39 is 18.1 Å². The predicted octanol–water partition coefficient (Wildman–Crippen LogP) is -1.12. The Kier molecular flexibility index (Phi) is 2.08. The Hall–Kier alpha value is -2.38. The number of nitrogens with zero attached hydrogens (tertiary/aromatic N) is 3. The average molecular weight is 210 g/mol. The van der Waals surface area contributed by atoms with Crippen LogP contribution in [0.15, 0.2) is 17.2 Å². The maximum atomic E-state index is 11.3. The maximum absolute atomic E-state index is 11.3. The summed E-state index contributed by atoms with van der Waals surface area (Å²) in [5, 5.41) is 10.9. The van der Waals surface area contributed by atoms with Gasteiger partial charge in [-0.2, -0.15) is 9.50 Å². The van der Waals surface area contributed by atoms with Gasteiger partial charge in [-0.3, -0.25) is 9.89 Å². The third-order valence-corrected chi connectivity index (χ3v) is 1.59. The van der Waals surface area contributed by atoms with Gasteiger partial charge in [-0.25, -0.2) is 9.78 Å². The summed E-state index contributed by atoms with van der Waals surface area (Å²) in [4.78, 5) is 29.1. The number of nitrogens with one attached hydrogen (secondary N) is 1. The monoisotopic (exact) mass is 210 g/mol. The predicted molar refractivity (Wildman–Crippen MR) is 46.7 cm³/mol. The van der Waals surface area contributed by atoms with Crippen molar-refractivity contribution in [2.75, 3.05) is 6.61 Å². The van der Waals surface area contributed by atoms with E-state index in [9.17, 15) is 9.59 Å². The molecule has 2 aromatic rings. The third kappa shape index (κ3) is 1.77. The molecule has 0 bridgehead atoms. The van der Waals surface area contributed by atoms with E-state index in [-0.39, 0.29) is 11.7 Å². The van der Waals surface area contributed by atoms with Crippen molar-refractivity contribution in [2.45, 2.75) is 0 Å². The van der Waals surface area contributed by atoms with Gasteiger partial charge in [0.1, 0.15) is 6.33 Å². The van der Waals surface area contributed by atoms with E-state index in [0.29, 0.717) is 0 Å². The molecule has 2 rings (SSSR count). The Morgan fingerprint density at radius 2 is 2.47 bits per heavy atom. The lowest BCUT2D eigenvalue weighted by molar-refractivity contribution is -0.139. The fourth-order valence-electron chi connectivity index (χ4n) is 1.01. The molecule has 0 aliphatic heterocycles. The molecule has 0 radical (unpaired) electrons. The van der Waals surface area contributed by atoms with E-state index in [1.807, 2.05) is 0 Å². The lowest BCUT2D eigenvalue weighted by Gasteiger charge is -2.00. The molecule has 15 heavy (non-hydrogen) atoms. The number of carboxylic acid groups (broad SMARTS) is 1. The summed E-state index contributed by atoms with van der Waals surface area (Å²) >= 11 is 0. The third-order valence-electron chi connectivity index (χ3n) is 1.59. The molecule has 2 aromatic heterocycles. The topological polar surface area (TPSA) is 110 Å². The first-order valence-corrected chi connectivity index (χ1v) is 3.94. The number of hydrogen-bond acceptors (Lipinski definition) is 5. The molecule has 8 nitrogen and oxygen atoms in total. The highest BCUT2D eigenvalue weighted by molar-refractivity contribution is 5.68. The summed E-state index contributed by atoms with van der Waals surface area (Å²) in [6.45, 7) is -0.549. The van der Waals surface area contributed by atoms with Gasteiger partial charge < -0.3 is 9.84 Å². The zero-order valence-electron chi connectivity index (χ0n) is 7.38. The van der Waals surface area contributed by atoms with Gasteiger partial charge in [-0.15, -0.1) is 0 Å². The molecule has 78 valence electrons. The first-order chi connectivity index (χ1) is 7.16. The lowest BCUT2D eigenvalue weighted by Crippen LogP contribution is -2.17. The average Bonchev–Trinajstić information content (AvgIpc) is 2.63. The first kappa shape index (κ1) is 9.19. The van der Waals surface area contributed by atoms with Gasteiger partial charge in [0.2, 0.25) is 5.88 Å². The summed E-state index contributed by atoms with van der Waals surface area (Å²) < 4.78 is 5.85. The number of carbonyl (C=O) groups is 1. The normalized spacial score (nSPS) is 10.4. The summed E-state index contributed by atoms with van der Waals surface area (Å²) in [5.74, 6) is -1.07. The van der Waals surface area contributed by atoms with Crippen molar-refractivity contribution in [3.63, 3.8) is 0 Å². The SMILES string of the molecule is O=C(O)COc1cc(=O)n2[nH]cnc2n1. The highest BCUT2D eigenvalue weighted by Crippen LogP contribution is 2.02. The van der Waals surface area contributed by atoms with Crippen LogP contribution in [0, 0.1) is 0 Å². The molecule has 0 saturated carbocycles. The maximum Gasteiger partial charge on any atom is 0.341 e. The van der Waals surface area contributed by atoms with Crippen LogP contribution in [0.5, 0.6) is 5.88 Å². The van der Waals surface area contributed by atoms with Crippen LogP contribution in [0.2, 0.25) is 0 Å². The molecule has 0 spiro atoms. The summed E-state index contributed by atoms with van der Waals surface area (Å²) in [7, 11) is 0. The van der Waals surface area contributed by atoms with Crippen LogP contribution in [-0.4, -0.2) is 37.3 Å². The molecule has 0 unspecified atom stereocenters. The van der Waals surface area contributed by atoms with Crippen LogP contribution in [0.25, 0.3) is 5.78 Å². The quantitative estimate of drug-likeness (QED) is 0.664. The summed E-state index contributed by atoms with van der Waals surface area (Å²) in [6, 6.07) is 1.08. The van der Waals surface area contributed by atoms with Gasteiger partial charge >= 0.3 is 5.97 Å². The number of H-pyrrole nitrogens is 1. The Labute approximate surface area is 82.1 Å². The number of ether oxygens (including phenoxy) is 1. The van der Waals surface area contributed by atoms with Crippen molar-refractivity contribution in [2.24, 2.45) is 0 Å². The van der Waals surface area contributed by atoms with E-state index in [2.05, 4.69) is 15.1 Å². The van der Waals surface area contributed by atoms with Gasteiger partial charge in [-0.1, -0.05) is 0 Å². The second-order valence-corrected chi connectivity index (χ2v) is 2.64. The molecule has 2 heterocycles. The molecular formula is C7H6N4O4. The molecule has 0 aromatic carbocycles. The number of aromatic nitrogens is 4. The molecule has 8 heteroatoms. The van der Waals surface area contributed by atoms with Crippen LogP contribution in [-0.2, 0) is 4.79 Å². The number of carboxylic acids is 1. The minimum atomic E-state index is -1.14. The van der Waals surface area contributed by atoms with Crippen molar-refractivity contribution >= 4 is 11.7 Å². The van der Waals surface area contributed by atoms with E-state index in [4.69, 9.17) is 9.84 Å². The molecule has 0 aliphatic rings. The lowest BCUT2D eigenvalue weighted by atomic mass is 10.6. The zero-order chi connectivity index (χ0) is 10.8. The van der Waals surface area contributed by atoms with Crippen molar-refractivity contribution in [1.82, 2.24) is 19.6 Å². The molecule has 0 saturated heterocycles. The Morgan fingerprint density at radius 1 is 1.67 bits per heavy atom.